The van der Waals surface area contributed by atoms with Gasteiger partial charge in [0.05, 0.1) is 12.2 Å². The van der Waals surface area contributed by atoms with Crippen LogP contribution in [0.4, 0.5) is 17.6 Å². The smallest absolute Gasteiger partial charge is 0.416 e. The molecule has 0 bridgehead atoms. The van der Waals surface area contributed by atoms with Crippen LogP contribution in [0.2, 0.25) is 0 Å². The number of halogens is 4. The Kier molecular flexibility index (Phi) is 8.46. The average molecular weight is 467 g/mol. The third-order valence-electron chi connectivity index (χ3n) is 5.17. The van der Waals surface area contributed by atoms with Crippen molar-refractivity contribution in [3.8, 4) is 0 Å². The Morgan fingerprint density at radius 1 is 1.09 bits per heavy atom. The van der Waals surface area contributed by atoms with Crippen molar-refractivity contribution in [3.05, 3.63) is 82.9 Å². The van der Waals surface area contributed by atoms with Crippen LogP contribution in [0.3, 0.4) is 0 Å². The summed E-state index contributed by atoms with van der Waals surface area (Å²) in [6.07, 6.45) is -2.18. The van der Waals surface area contributed by atoms with Gasteiger partial charge in [0.15, 0.2) is 5.76 Å². The van der Waals surface area contributed by atoms with Gasteiger partial charge in [-0.3, -0.25) is 4.79 Å². The number of carbonyl (C=O) groups excluding carboxylic acids is 1. The SMILES string of the molecule is O=C(NCc1ccc(F)cc1)C1=C[C@@H](c2ccc(C(F)(F)F)cc2)C[C@@H](OCCCCO)O1. The zero-order valence-corrected chi connectivity index (χ0v) is 17.8. The minimum absolute atomic E-state index is 0.000387. The lowest BCUT2D eigenvalue weighted by atomic mass is 9.92. The van der Waals surface area contributed by atoms with Crippen LogP contribution < -0.4 is 5.32 Å². The normalized spacial score (nSPS) is 18.4. The fourth-order valence-electron chi connectivity index (χ4n) is 3.37. The van der Waals surface area contributed by atoms with Gasteiger partial charge in [0.25, 0.3) is 5.91 Å². The fourth-order valence-corrected chi connectivity index (χ4v) is 3.37. The van der Waals surface area contributed by atoms with E-state index in [1.807, 2.05) is 0 Å². The van der Waals surface area contributed by atoms with Crippen LogP contribution in [0.15, 0.2) is 60.4 Å². The monoisotopic (exact) mass is 467 g/mol. The molecular weight excluding hydrogens is 442 g/mol. The number of carbonyl (C=O) groups is 1. The van der Waals surface area contributed by atoms with E-state index in [1.165, 1.54) is 24.3 Å². The number of hydrogen-bond acceptors (Lipinski definition) is 4. The first kappa shape index (κ1) is 24.7. The van der Waals surface area contributed by atoms with Crippen molar-refractivity contribution in [3.63, 3.8) is 0 Å². The lowest BCUT2D eigenvalue weighted by molar-refractivity contribution is -0.146. The number of amides is 1. The molecule has 2 aromatic carbocycles. The average Bonchev–Trinajstić information content (AvgIpc) is 2.80. The van der Waals surface area contributed by atoms with Crippen LogP contribution in [0.1, 0.15) is 41.9 Å². The minimum atomic E-state index is -4.44. The van der Waals surface area contributed by atoms with Crippen molar-refractivity contribution >= 4 is 5.91 Å². The maximum Gasteiger partial charge on any atom is 0.416 e. The number of nitrogens with one attached hydrogen (secondary N) is 1. The van der Waals surface area contributed by atoms with Crippen molar-refractivity contribution in [2.24, 2.45) is 0 Å². The molecule has 0 saturated heterocycles. The van der Waals surface area contributed by atoms with Crippen molar-refractivity contribution in [1.82, 2.24) is 5.32 Å². The molecule has 5 nitrogen and oxygen atoms in total. The van der Waals surface area contributed by atoms with Crippen molar-refractivity contribution in [1.29, 1.82) is 0 Å². The Bertz CT molecular complexity index is 942. The summed E-state index contributed by atoms with van der Waals surface area (Å²) in [7, 11) is 0. The number of rotatable bonds is 9. The highest BCUT2D eigenvalue weighted by Crippen LogP contribution is 2.34. The third kappa shape index (κ3) is 7.30. The Balaban J connectivity index is 1.73. The number of aliphatic hydroxyl groups excluding tert-OH is 1. The van der Waals surface area contributed by atoms with Gasteiger partial charge in [-0.1, -0.05) is 24.3 Å². The summed E-state index contributed by atoms with van der Waals surface area (Å²) < 4.78 is 63.1. The molecule has 2 atom stereocenters. The van der Waals surface area contributed by atoms with Crippen LogP contribution in [0.25, 0.3) is 0 Å². The van der Waals surface area contributed by atoms with Crippen molar-refractivity contribution in [2.75, 3.05) is 13.2 Å². The quantitative estimate of drug-likeness (QED) is 0.416. The summed E-state index contributed by atoms with van der Waals surface area (Å²) >= 11 is 0. The number of aliphatic hydroxyl groups is 1. The predicted molar refractivity (Wildman–Crippen MR) is 112 cm³/mol. The number of unbranched alkanes of at least 4 members (excludes halogenated alkanes) is 1. The molecule has 0 spiro atoms. The van der Waals surface area contributed by atoms with E-state index in [0.717, 1.165) is 12.1 Å². The van der Waals surface area contributed by atoms with E-state index in [-0.39, 0.29) is 24.7 Å². The molecule has 0 aromatic heterocycles. The predicted octanol–water partition coefficient (Wildman–Crippen LogP) is 4.66. The van der Waals surface area contributed by atoms with Crippen molar-refractivity contribution < 1.29 is 36.9 Å². The standard InChI is InChI=1S/C24H25F4NO4/c25-20-9-3-16(4-10-20)15-29-23(31)21-13-18(14-22(33-21)32-12-2-1-11-30)17-5-7-19(8-6-17)24(26,27)28/h3-10,13,18,22,30H,1-2,11-12,14-15H2,(H,29,31)/t18-,22+/m1/s1. The van der Waals surface area contributed by atoms with Crippen LogP contribution in [-0.2, 0) is 27.0 Å². The number of hydrogen-bond donors (Lipinski definition) is 2. The van der Waals surface area contributed by atoms with Gasteiger partial charge in [-0.05, 0) is 54.3 Å². The van der Waals surface area contributed by atoms with Crippen LogP contribution in [-0.4, -0.2) is 30.5 Å². The van der Waals surface area contributed by atoms with E-state index < -0.39 is 29.9 Å². The molecule has 0 fully saturated rings. The topological polar surface area (TPSA) is 67.8 Å². The van der Waals surface area contributed by atoms with Crippen LogP contribution in [0.5, 0.6) is 0 Å². The van der Waals surface area contributed by atoms with Crippen molar-refractivity contribution in [2.45, 2.75) is 44.2 Å². The van der Waals surface area contributed by atoms with Gasteiger partial charge in [-0.25, -0.2) is 4.39 Å². The Hall–Kier alpha value is -2.91. The second kappa shape index (κ2) is 11.3. The largest absolute Gasteiger partial charge is 0.459 e. The Labute approximate surface area is 189 Å². The minimum Gasteiger partial charge on any atom is -0.459 e. The second-order valence-electron chi connectivity index (χ2n) is 7.65. The molecular formula is C24H25F4NO4. The molecule has 33 heavy (non-hydrogen) atoms. The van der Waals surface area contributed by atoms with E-state index in [4.69, 9.17) is 14.6 Å². The highest BCUT2D eigenvalue weighted by Gasteiger charge is 2.32. The molecule has 1 aliphatic heterocycles. The molecule has 1 amide bonds. The van der Waals surface area contributed by atoms with E-state index in [0.29, 0.717) is 37.0 Å². The van der Waals surface area contributed by atoms with Gasteiger partial charge >= 0.3 is 6.18 Å². The van der Waals surface area contributed by atoms with E-state index in [9.17, 15) is 22.4 Å². The van der Waals surface area contributed by atoms with Gasteiger partial charge in [-0.15, -0.1) is 0 Å². The summed E-state index contributed by atoms with van der Waals surface area (Å²) in [5.41, 5.74) is 0.535. The first-order valence-corrected chi connectivity index (χ1v) is 10.6. The summed E-state index contributed by atoms with van der Waals surface area (Å²) in [6.45, 7) is 0.474. The first-order valence-electron chi connectivity index (χ1n) is 10.6. The third-order valence-corrected chi connectivity index (χ3v) is 5.17. The molecule has 2 N–H and O–H groups in total. The Morgan fingerprint density at radius 2 is 1.79 bits per heavy atom. The molecule has 9 heteroatoms. The van der Waals surface area contributed by atoms with E-state index in [1.54, 1.807) is 18.2 Å². The van der Waals surface area contributed by atoms with Gasteiger partial charge in [0.2, 0.25) is 6.29 Å². The van der Waals surface area contributed by atoms with Gasteiger partial charge in [0.1, 0.15) is 5.82 Å². The zero-order chi connectivity index (χ0) is 23.8. The van der Waals surface area contributed by atoms with Gasteiger partial charge < -0.3 is 19.9 Å². The maximum absolute atomic E-state index is 13.1. The molecule has 0 saturated carbocycles. The highest BCUT2D eigenvalue weighted by atomic mass is 19.4. The number of alkyl halides is 3. The maximum atomic E-state index is 13.1. The molecule has 0 unspecified atom stereocenters. The summed E-state index contributed by atoms with van der Waals surface area (Å²) in [6, 6.07) is 10.4. The molecule has 1 heterocycles. The summed E-state index contributed by atoms with van der Waals surface area (Å²) in [5.74, 6) is -1.29. The Morgan fingerprint density at radius 3 is 2.42 bits per heavy atom. The number of allylic oxidation sites excluding steroid dienone is 1. The van der Waals surface area contributed by atoms with Crippen LogP contribution >= 0.6 is 0 Å². The molecule has 2 aromatic rings. The second-order valence-corrected chi connectivity index (χ2v) is 7.65. The molecule has 0 radical (unpaired) electrons. The zero-order valence-electron chi connectivity index (χ0n) is 17.8. The number of ether oxygens (including phenoxy) is 2. The first-order chi connectivity index (χ1) is 15.8. The molecule has 1 aliphatic rings. The molecule has 3 rings (SSSR count). The summed E-state index contributed by atoms with van der Waals surface area (Å²) in [4.78, 5) is 12.7. The fraction of sp³-hybridized carbons (Fsp3) is 0.375. The van der Waals surface area contributed by atoms with Gasteiger partial charge in [-0.2, -0.15) is 13.2 Å². The molecule has 0 aliphatic carbocycles. The van der Waals surface area contributed by atoms with E-state index >= 15 is 0 Å². The number of benzene rings is 2. The summed E-state index contributed by atoms with van der Waals surface area (Å²) in [5, 5.41) is 11.6. The lowest BCUT2D eigenvalue weighted by Gasteiger charge is -2.29. The van der Waals surface area contributed by atoms with Gasteiger partial charge in [0, 0.05) is 25.5 Å². The lowest BCUT2D eigenvalue weighted by Crippen LogP contribution is -2.32. The van der Waals surface area contributed by atoms with E-state index in [2.05, 4.69) is 5.32 Å². The van der Waals surface area contributed by atoms with Crippen LogP contribution in [0, 0.1) is 5.82 Å². The molecule has 178 valence electrons. The highest BCUT2D eigenvalue weighted by molar-refractivity contribution is 5.91.